The second-order valence-corrected chi connectivity index (χ2v) is 6.52. The van der Waals surface area contributed by atoms with Crippen LogP contribution in [0.15, 0.2) is 22.7 Å². The van der Waals surface area contributed by atoms with Crippen LogP contribution in [0, 0.1) is 5.82 Å². The summed E-state index contributed by atoms with van der Waals surface area (Å²) in [6, 6.07) is 4.05. The number of rotatable bonds is 1. The highest BCUT2D eigenvalue weighted by molar-refractivity contribution is 9.10. The minimum Gasteiger partial charge on any atom is -0.368 e. The molecule has 1 aliphatic heterocycles. The molecule has 0 bridgehead atoms. The largest absolute Gasteiger partial charge is 0.368 e. The van der Waals surface area contributed by atoms with Crippen LogP contribution in [0.25, 0.3) is 0 Å². The molecule has 0 aromatic heterocycles. The lowest BCUT2D eigenvalue weighted by atomic mass is 9.78. The number of halogens is 4. The molecule has 0 amide bonds. The first-order chi connectivity index (χ1) is 9.12. The fourth-order valence-corrected chi connectivity index (χ4v) is 2.92. The lowest BCUT2D eigenvalue weighted by molar-refractivity contribution is -0.216. The van der Waals surface area contributed by atoms with Crippen LogP contribution in [-0.4, -0.2) is 24.7 Å². The second-order valence-electron chi connectivity index (χ2n) is 5.61. The van der Waals surface area contributed by atoms with Gasteiger partial charge >= 0.3 is 0 Å². The van der Waals surface area contributed by atoms with Gasteiger partial charge in [-0.25, -0.2) is 13.2 Å². The molecule has 6 heteroatoms. The summed E-state index contributed by atoms with van der Waals surface area (Å²) in [7, 11) is 0. The summed E-state index contributed by atoms with van der Waals surface area (Å²) >= 11 is 3.20. The first-order valence-corrected chi connectivity index (χ1v) is 7.13. The van der Waals surface area contributed by atoms with Crippen molar-refractivity contribution in [2.45, 2.75) is 37.8 Å². The summed E-state index contributed by atoms with van der Waals surface area (Å²) in [5.74, 6) is -3.96. The van der Waals surface area contributed by atoms with Crippen LogP contribution in [0.3, 0.4) is 0 Å². The van der Waals surface area contributed by atoms with E-state index >= 15 is 0 Å². The predicted octanol–water partition coefficient (Wildman–Crippen LogP) is 3.84. The third kappa shape index (κ3) is 2.27. The van der Waals surface area contributed by atoms with E-state index in [1.54, 1.807) is 0 Å². The van der Waals surface area contributed by atoms with E-state index in [0.717, 1.165) is 0 Å². The van der Waals surface area contributed by atoms with Gasteiger partial charge in [-0.15, -0.1) is 0 Å². The number of hydrogen-bond donors (Lipinski definition) is 1. The van der Waals surface area contributed by atoms with E-state index in [2.05, 4.69) is 21.2 Å². The molecule has 0 unspecified atom stereocenters. The number of alkyl halides is 2. The van der Waals surface area contributed by atoms with E-state index in [9.17, 15) is 13.2 Å². The van der Waals surface area contributed by atoms with Crippen LogP contribution in [0.2, 0.25) is 0 Å². The first-order valence-electron chi connectivity index (χ1n) is 6.34. The summed E-state index contributed by atoms with van der Waals surface area (Å²) in [5.41, 5.74) is -3.61. The molecule has 1 atom stereocenters. The maximum atomic E-state index is 14.9. The molecule has 2 nitrogen and oxygen atoms in total. The van der Waals surface area contributed by atoms with Crippen molar-refractivity contribution in [1.29, 1.82) is 0 Å². The zero-order valence-electron chi connectivity index (χ0n) is 11.6. The molecule has 0 spiro atoms. The van der Waals surface area contributed by atoms with Crippen LogP contribution in [0.1, 0.15) is 26.3 Å². The van der Waals surface area contributed by atoms with E-state index < -0.39 is 22.9 Å². The molecule has 1 aromatic carbocycles. The molecule has 1 fully saturated rings. The minimum absolute atomic E-state index is 0.0737. The number of ether oxygens (including phenoxy) is 1. The molecular weight excluding hydrogens is 335 g/mol. The lowest BCUT2D eigenvalue weighted by Crippen LogP contribution is -2.61. The van der Waals surface area contributed by atoms with Gasteiger partial charge in [0.15, 0.2) is 0 Å². The Morgan fingerprint density at radius 3 is 2.55 bits per heavy atom. The van der Waals surface area contributed by atoms with Gasteiger partial charge in [0.05, 0.1) is 6.61 Å². The van der Waals surface area contributed by atoms with Crippen molar-refractivity contribution < 1.29 is 17.9 Å². The molecule has 1 N–H and O–H groups in total. The summed E-state index contributed by atoms with van der Waals surface area (Å²) < 4.78 is 49.7. The highest BCUT2D eigenvalue weighted by atomic mass is 79.9. The SMILES string of the molecule is CC1(C)OCCN[C@](C)(c2cc(Br)ccc2F)C1(F)F. The van der Waals surface area contributed by atoms with Crippen molar-refractivity contribution in [1.82, 2.24) is 5.32 Å². The Balaban J connectivity index is 2.63. The van der Waals surface area contributed by atoms with E-state index in [4.69, 9.17) is 4.74 Å². The molecule has 1 heterocycles. The maximum Gasteiger partial charge on any atom is 0.297 e. The fourth-order valence-electron chi connectivity index (χ4n) is 2.56. The van der Waals surface area contributed by atoms with Gasteiger partial charge < -0.3 is 10.1 Å². The molecule has 1 aliphatic rings. The summed E-state index contributed by atoms with van der Waals surface area (Å²) in [6.45, 7) is 4.34. The first kappa shape index (κ1) is 15.8. The quantitative estimate of drug-likeness (QED) is 0.829. The van der Waals surface area contributed by atoms with Gasteiger partial charge in [0.25, 0.3) is 5.92 Å². The van der Waals surface area contributed by atoms with Crippen LogP contribution < -0.4 is 5.32 Å². The molecule has 1 aromatic rings. The third-order valence-corrected chi connectivity index (χ3v) is 4.39. The smallest absolute Gasteiger partial charge is 0.297 e. The average Bonchev–Trinajstić information content (AvgIpc) is 2.43. The molecule has 2 rings (SSSR count). The normalized spacial score (nSPS) is 28.9. The third-order valence-electron chi connectivity index (χ3n) is 3.89. The van der Waals surface area contributed by atoms with Gasteiger partial charge in [0.1, 0.15) is 17.0 Å². The summed E-state index contributed by atoms with van der Waals surface area (Å²) in [6.07, 6.45) is 0. The van der Waals surface area contributed by atoms with Gasteiger partial charge in [-0.05, 0) is 39.0 Å². The zero-order chi connectivity index (χ0) is 15.2. The molecule has 0 radical (unpaired) electrons. The standard InChI is InChI=1S/C14H17BrF3NO/c1-12(2)14(17,18)13(3,19-6-7-20-12)10-8-9(15)4-5-11(10)16/h4-5,8,19H,6-7H2,1-3H3/t13-/m1/s1. The predicted molar refractivity (Wildman–Crippen MR) is 74.4 cm³/mol. The van der Waals surface area contributed by atoms with Crippen molar-refractivity contribution in [3.63, 3.8) is 0 Å². The van der Waals surface area contributed by atoms with Gasteiger partial charge in [0, 0.05) is 16.6 Å². The lowest BCUT2D eigenvalue weighted by Gasteiger charge is -2.44. The number of benzene rings is 1. The highest BCUT2D eigenvalue weighted by Crippen LogP contribution is 2.48. The minimum atomic E-state index is -3.29. The van der Waals surface area contributed by atoms with Crippen molar-refractivity contribution in [3.8, 4) is 0 Å². The Bertz CT molecular complexity index is 521. The van der Waals surface area contributed by atoms with Crippen LogP contribution in [0.5, 0.6) is 0 Å². The molecule has 20 heavy (non-hydrogen) atoms. The second kappa shape index (κ2) is 5.00. The van der Waals surface area contributed by atoms with Crippen molar-refractivity contribution >= 4 is 15.9 Å². The van der Waals surface area contributed by atoms with E-state index in [0.29, 0.717) is 4.47 Å². The molecule has 0 saturated carbocycles. The number of hydrogen-bond acceptors (Lipinski definition) is 2. The van der Waals surface area contributed by atoms with Gasteiger partial charge in [0.2, 0.25) is 0 Å². The Kier molecular flexibility index (Phi) is 3.95. The highest BCUT2D eigenvalue weighted by Gasteiger charge is 2.63. The monoisotopic (exact) mass is 351 g/mol. The molecule has 1 saturated heterocycles. The number of nitrogens with one attached hydrogen (secondary N) is 1. The molecule has 112 valence electrons. The Hall–Kier alpha value is -0.590. The van der Waals surface area contributed by atoms with Gasteiger partial charge in [-0.2, -0.15) is 0 Å². The zero-order valence-corrected chi connectivity index (χ0v) is 13.2. The topological polar surface area (TPSA) is 21.3 Å². The Morgan fingerprint density at radius 1 is 1.25 bits per heavy atom. The van der Waals surface area contributed by atoms with E-state index in [-0.39, 0.29) is 18.7 Å². The Labute approximate surface area is 124 Å². The van der Waals surface area contributed by atoms with Crippen LogP contribution in [-0.2, 0) is 10.3 Å². The van der Waals surface area contributed by atoms with Crippen LogP contribution in [0.4, 0.5) is 13.2 Å². The van der Waals surface area contributed by atoms with Crippen molar-refractivity contribution in [2.24, 2.45) is 0 Å². The van der Waals surface area contributed by atoms with Crippen molar-refractivity contribution in [3.05, 3.63) is 34.1 Å². The van der Waals surface area contributed by atoms with Gasteiger partial charge in [-0.3, -0.25) is 0 Å². The van der Waals surface area contributed by atoms with E-state index in [1.807, 2.05) is 0 Å². The van der Waals surface area contributed by atoms with Crippen LogP contribution >= 0.6 is 15.9 Å². The maximum absolute atomic E-state index is 14.9. The van der Waals surface area contributed by atoms with E-state index in [1.165, 1.54) is 39.0 Å². The van der Waals surface area contributed by atoms with Crippen molar-refractivity contribution in [2.75, 3.05) is 13.2 Å². The van der Waals surface area contributed by atoms with Gasteiger partial charge in [-0.1, -0.05) is 15.9 Å². The molecule has 0 aliphatic carbocycles. The average molecular weight is 352 g/mol. The summed E-state index contributed by atoms with van der Waals surface area (Å²) in [4.78, 5) is 0. The molecular formula is C14H17BrF3NO. The Morgan fingerprint density at radius 2 is 1.90 bits per heavy atom. The fraction of sp³-hybridized carbons (Fsp3) is 0.571. The summed E-state index contributed by atoms with van der Waals surface area (Å²) in [5, 5.41) is 2.75.